The molecule has 0 bridgehead atoms. The SMILES string of the molecule is CCOC1(C(=O)C2CCCC2)CCCC(C)C1. The summed E-state index contributed by atoms with van der Waals surface area (Å²) in [6.45, 7) is 4.95. The molecule has 0 N–H and O–H groups in total. The zero-order chi connectivity index (χ0) is 12.3. The molecule has 0 aliphatic heterocycles. The fourth-order valence-corrected chi connectivity index (χ4v) is 3.77. The minimum absolute atomic E-state index is 0.298. The second kappa shape index (κ2) is 5.51. The molecule has 2 atom stereocenters. The Kier molecular flexibility index (Phi) is 4.24. The van der Waals surface area contributed by atoms with Gasteiger partial charge in [0.2, 0.25) is 0 Å². The first-order valence-corrected chi connectivity index (χ1v) is 7.36. The van der Waals surface area contributed by atoms with Crippen molar-refractivity contribution in [1.29, 1.82) is 0 Å². The van der Waals surface area contributed by atoms with Crippen LogP contribution in [0.5, 0.6) is 0 Å². The van der Waals surface area contributed by atoms with E-state index in [4.69, 9.17) is 4.74 Å². The van der Waals surface area contributed by atoms with Crippen LogP contribution in [0.1, 0.15) is 65.2 Å². The Labute approximate surface area is 105 Å². The Morgan fingerprint density at radius 2 is 1.94 bits per heavy atom. The summed E-state index contributed by atoms with van der Waals surface area (Å²) >= 11 is 0. The van der Waals surface area contributed by atoms with E-state index in [0.29, 0.717) is 24.2 Å². The summed E-state index contributed by atoms with van der Waals surface area (Å²) in [7, 11) is 0. The fourth-order valence-electron chi connectivity index (χ4n) is 3.77. The van der Waals surface area contributed by atoms with Crippen LogP contribution in [0.15, 0.2) is 0 Å². The lowest BCUT2D eigenvalue weighted by atomic mass is 9.73. The van der Waals surface area contributed by atoms with Gasteiger partial charge in [0.05, 0.1) is 0 Å². The molecule has 2 saturated carbocycles. The largest absolute Gasteiger partial charge is 0.367 e. The van der Waals surface area contributed by atoms with Crippen LogP contribution in [0.3, 0.4) is 0 Å². The summed E-state index contributed by atoms with van der Waals surface area (Å²) in [6.07, 6.45) is 8.98. The number of hydrogen-bond acceptors (Lipinski definition) is 2. The standard InChI is InChI=1S/C15H26O2/c1-3-17-15(10-6-7-12(2)11-15)14(16)13-8-4-5-9-13/h12-13H,3-11H2,1-2H3. The highest BCUT2D eigenvalue weighted by molar-refractivity contribution is 5.89. The Morgan fingerprint density at radius 3 is 2.53 bits per heavy atom. The Hall–Kier alpha value is -0.370. The van der Waals surface area contributed by atoms with Gasteiger partial charge in [0.25, 0.3) is 0 Å². The van der Waals surface area contributed by atoms with E-state index in [1.165, 1.54) is 19.3 Å². The van der Waals surface area contributed by atoms with E-state index in [2.05, 4.69) is 6.92 Å². The van der Waals surface area contributed by atoms with Gasteiger partial charge < -0.3 is 4.74 Å². The smallest absolute Gasteiger partial charge is 0.167 e. The van der Waals surface area contributed by atoms with E-state index in [-0.39, 0.29) is 0 Å². The molecule has 0 saturated heterocycles. The van der Waals surface area contributed by atoms with Crippen LogP contribution in [0.4, 0.5) is 0 Å². The molecule has 2 fully saturated rings. The molecular formula is C15H26O2. The van der Waals surface area contributed by atoms with Crippen molar-refractivity contribution in [2.24, 2.45) is 11.8 Å². The molecule has 0 radical (unpaired) electrons. The van der Waals surface area contributed by atoms with Gasteiger partial charge in [-0.05, 0) is 44.9 Å². The number of ether oxygens (including phenoxy) is 1. The third-order valence-corrected chi connectivity index (χ3v) is 4.55. The Morgan fingerprint density at radius 1 is 1.24 bits per heavy atom. The summed E-state index contributed by atoms with van der Waals surface area (Å²) in [5, 5.41) is 0. The average Bonchev–Trinajstić information content (AvgIpc) is 2.81. The maximum absolute atomic E-state index is 12.7. The number of ketones is 1. The van der Waals surface area contributed by atoms with Crippen molar-refractivity contribution in [3.8, 4) is 0 Å². The summed E-state index contributed by atoms with van der Waals surface area (Å²) in [5.41, 5.74) is -0.415. The van der Waals surface area contributed by atoms with Gasteiger partial charge in [-0.15, -0.1) is 0 Å². The quantitative estimate of drug-likeness (QED) is 0.746. The molecule has 17 heavy (non-hydrogen) atoms. The van der Waals surface area contributed by atoms with Gasteiger partial charge in [-0.1, -0.05) is 26.2 Å². The van der Waals surface area contributed by atoms with Crippen molar-refractivity contribution in [2.75, 3.05) is 6.61 Å². The number of carbonyl (C=O) groups excluding carboxylic acids is 1. The van der Waals surface area contributed by atoms with E-state index in [1.807, 2.05) is 6.92 Å². The van der Waals surface area contributed by atoms with Gasteiger partial charge in [0.1, 0.15) is 5.60 Å². The van der Waals surface area contributed by atoms with Crippen LogP contribution in [0.2, 0.25) is 0 Å². The summed E-state index contributed by atoms with van der Waals surface area (Å²) in [5.74, 6) is 1.37. The topological polar surface area (TPSA) is 26.3 Å². The third kappa shape index (κ3) is 2.73. The highest BCUT2D eigenvalue weighted by Crippen LogP contribution is 2.40. The van der Waals surface area contributed by atoms with Crippen LogP contribution in [0.25, 0.3) is 0 Å². The molecule has 0 aromatic rings. The van der Waals surface area contributed by atoms with E-state index in [1.54, 1.807) is 0 Å². The van der Waals surface area contributed by atoms with Gasteiger partial charge in [-0.2, -0.15) is 0 Å². The van der Waals surface area contributed by atoms with E-state index in [0.717, 1.165) is 32.1 Å². The second-order valence-electron chi connectivity index (χ2n) is 5.97. The molecule has 98 valence electrons. The van der Waals surface area contributed by atoms with Gasteiger partial charge >= 0.3 is 0 Å². The first kappa shape index (κ1) is 13.1. The Bertz CT molecular complexity index is 264. The van der Waals surface area contributed by atoms with Crippen molar-refractivity contribution in [2.45, 2.75) is 70.8 Å². The molecule has 2 aliphatic carbocycles. The maximum atomic E-state index is 12.7. The van der Waals surface area contributed by atoms with E-state index >= 15 is 0 Å². The number of rotatable bonds is 4. The lowest BCUT2D eigenvalue weighted by Crippen LogP contribution is -2.48. The summed E-state index contributed by atoms with van der Waals surface area (Å²) in [6, 6.07) is 0. The average molecular weight is 238 g/mol. The molecule has 2 rings (SSSR count). The maximum Gasteiger partial charge on any atom is 0.167 e. The molecule has 0 amide bonds. The van der Waals surface area contributed by atoms with Gasteiger partial charge in [0, 0.05) is 12.5 Å². The molecule has 0 aromatic carbocycles. The molecule has 2 unspecified atom stereocenters. The van der Waals surface area contributed by atoms with Crippen molar-refractivity contribution in [1.82, 2.24) is 0 Å². The Balaban J connectivity index is 2.11. The summed E-state index contributed by atoms with van der Waals surface area (Å²) < 4.78 is 5.97. The van der Waals surface area contributed by atoms with Gasteiger partial charge in [0.15, 0.2) is 5.78 Å². The zero-order valence-electron chi connectivity index (χ0n) is 11.3. The summed E-state index contributed by atoms with van der Waals surface area (Å²) in [4.78, 5) is 12.7. The minimum atomic E-state index is -0.415. The number of Topliss-reactive ketones (excluding diaryl/α,β-unsaturated/α-hetero) is 1. The molecule has 0 spiro atoms. The fraction of sp³-hybridized carbons (Fsp3) is 0.933. The normalized spacial score (nSPS) is 35.1. The number of carbonyl (C=O) groups is 1. The molecule has 2 aliphatic rings. The molecule has 0 aromatic heterocycles. The predicted molar refractivity (Wildman–Crippen MR) is 69.0 cm³/mol. The lowest BCUT2D eigenvalue weighted by Gasteiger charge is -2.40. The molecule has 0 heterocycles. The number of hydrogen-bond donors (Lipinski definition) is 0. The van der Waals surface area contributed by atoms with Crippen LogP contribution in [-0.4, -0.2) is 18.0 Å². The van der Waals surface area contributed by atoms with Crippen LogP contribution in [0, 0.1) is 11.8 Å². The third-order valence-electron chi connectivity index (χ3n) is 4.55. The van der Waals surface area contributed by atoms with Crippen LogP contribution < -0.4 is 0 Å². The molecule has 2 heteroatoms. The van der Waals surface area contributed by atoms with E-state index < -0.39 is 5.60 Å². The van der Waals surface area contributed by atoms with Crippen molar-refractivity contribution < 1.29 is 9.53 Å². The van der Waals surface area contributed by atoms with Crippen LogP contribution >= 0.6 is 0 Å². The highest BCUT2D eigenvalue weighted by atomic mass is 16.5. The monoisotopic (exact) mass is 238 g/mol. The predicted octanol–water partition coefficient (Wildman–Crippen LogP) is 3.73. The van der Waals surface area contributed by atoms with Crippen molar-refractivity contribution >= 4 is 5.78 Å². The van der Waals surface area contributed by atoms with Gasteiger partial charge in [-0.25, -0.2) is 0 Å². The lowest BCUT2D eigenvalue weighted by molar-refractivity contribution is -0.155. The molecule has 2 nitrogen and oxygen atoms in total. The minimum Gasteiger partial charge on any atom is -0.367 e. The van der Waals surface area contributed by atoms with Crippen molar-refractivity contribution in [3.05, 3.63) is 0 Å². The van der Waals surface area contributed by atoms with Crippen molar-refractivity contribution in [3.63, 3.8) is 0 Å². The van der Waals surface area contributed by atoms with Crippen LogP contribution in [-0.2, 0) is 9.53 Å². The van der Waals surface area contributed by atoms with E-state index in [9.17, 15) is 4.79 Å². The second-order valence-corrected chi connectivity index (χ2v) is 5.97. The first-order chi connectivity index (χ1) is 8.18. The zero-order valence-corrected chi connectivity index (χ0v) is 11.3. The first-order valence-electron chi connectivity index (χ1n) is 7.36. The highest BCUT2D eigenvalue weighted by Gasteiger charge is 2.45. The van der Waals surface area contributed by atoms with Gasteiger partial charge in [-0.3, -0.25) is 4.79 Å². The molecular weight excluding hydrogens is 212 g/mol.